The number of hydrogen-bond acceptors (Lipinski definition) is 11. The van der Waals surface area contributed by atoms with Gasteiger partial charge in [0.25, 0.3) is 11.5 Å². The van der Waals surface area contributed by atoms with Crippen molar-refractivity contribution in [3.8, 4) is 0 Å². The molecule has 0 radical (unpaired) electrons. The van der Waals surface area contributed by atoms with E-state index in [1.54, 1.807) is 0 Å². The van der Waals surface area contributed by atoms with Gasteiger partial charge in [-0.05, 0) is 18.1 Å². The van der Waals surface area contributed by atoms with Crippen molar-refractivity contribution in [3.63, 3.8) is 0 Å². The van der Waals surface area contributed by atoms with E-state index < -0.39 is 72.2 Å². The van der Waals surface area contributed by atoms with E-state index in [9.17, 15) is 34.5 Å². The van der Waals surface area contributed by atoms with Gasteiger partial charge in [0.2, 0.25) is 12.2 Å². The van der Waals surface area contributed by atoms with Crippen LogP contribution in [0.5, 0.6) is 0 Å². The van der Waals surface area contributed by atoms with Crippen molar-refractivity contribution in [2.24, 2.45) is 5.73 Å². The van der Waals surface area contributed by atoms with Crippen LogP contribution in [-0.2, 0) is 35.0 Å². The number of aliphatic hydroxyl groups is 3. The molecule has 0 aliphatic carbocycles. The average molecular weight is 563 g/mol. The number of nitrogens with zero attached hydrogens (tertiary/aromatic N) is 1. The van der Waals surface area contributed by atoms with Crippen LogP contribution in [0.1, 0.15) is 11.8 Å². The number of carbonyl (C=O) groups is 2. The number of methoxy groups -OCH3 is 1. The van der Waals surface area contributed by atoms with Gasteiger partial charge >= 0.3 is 5.69 Å². The zero-order valence-corrected chi connectivity index (χ0v) is 21.3. The minimum absolute atomic E-state index is 0.243. The number of ether oxygens (including phenoxy) is 4. The Morgan fingerprint density at radius 2 is 1.88 bits per heavy atom. The fraction of sp³-hybridized carbons (Fsp3) is 0.440. The highest BCUT2D eigenvalue weighted by molar-refractivity contribution is 5.91. The Kier molecular flexibility index (Phi) is 9.14. The van der Waals surface area contributed by atoms with E-state index in [1.807, 2.05) is 35.3 Å². The highest BCUT2D eigenvalue weighted by Crippen LogP contribution is 2.34. The number of nitrogens with two attached hydrogens (primary N) is 1. The molecular weight excluding hydrogens is 532 g/mol. The van der Waals surface area contributed by atoms with Crippen molar-refractivity contribution in [3.05, 3.63) is 80.8 Å². The number of rotatable bonds is 10. The Hall–Kier alpha value is -3.86. The summed E-state index contributed by atoms with van der Waals surface area (Å²) in [7, 11) is 1.21. The van der Waals surface area contributed by atoms with Gasteiger partial charge in [0.1, 0.15) is 30.5 Å². The molecule has 0 spiro atoms. The van der Waals surface area contributed by atoms with Crippen LogP contribution < -0.4 is 22.3 Å². The van der Waals surface area contributed by atoms with Gasteiger partial charge in [-0.15, -0.1) is 0 Å². The molecule has 216 valence electrons. The molecule has 2 aliphatic heterocycles. The maximum atomic E-state index is 12.7. The number of amides is 2. The SMILES string of the molecule is CO[C@@H]1C([C@@H](O[C@H]2OC(C(=O)NCCc3ccccc3)=C[C@H](O)[C@@H]2O)C(N)=O)O[C@@H](n2ccc(=O)[nH]c2=O)[C@@H]1O. The topological polar surface area (TPSA) is 225 Å². The Bertz CT molecular complexity index is 1340. The summed E-state index contributed by atoms with van der Waals surface area (Å²) in [6, 6.07) is 10.4. The molecule has 7 N–H and O–H groups in total. The van der Waals surface area contributed by atoms with E-state index in [4.69, 9.17) is 24.7 Å². The first-order valence-corrected chi connectivity index (χ1v) is 12.3. The molecule has 15 nitrogen and oxygen atoms in total. The van der Waals surface area contributed by atoms with Crippen LogP contribution in [0.3, 0.4) is 0 Å². The zero-order chi connectivity index (χ0) is 29.0. The predicted molar refractivity (Wildman–Crippen MR) is 134 cm³/mol. The molecule has 15 heteroatoms. The highest BCUT2D eigenvalue weighted by atomic mass is 16.7. The summed E-state index contributed by atoms with van der Waals surface area (Å²) in [6.45, 7) is 0.243. The normalized spacial score (nSPS) is 28.8. The minimum atomic E-state index is -1.76. The van der Waals surface area contributed by atoms with Gasteiger partial charge in [-0.1, -0.05) is 30.3 Å². The van der Waals surface area contributed by atoms with E-state index in [0.29, 0.717) is 6.42 Å². The molecular formula is C25H30N4O11. The van der Waals surface area contributed by atoms with Crippen LogP contribution in [-0.4, -0.2) is 93.3 Å². The van der Waals surface area contributed by atoms with Gasteiger partial charge in [-0.3, -0.25) is 23.9 Å². The molecule has 2 aromatic rings. The second-order valence-corrected chi connectivity index (χ2v) is 9.15. The Morgan fingerprint density at radius 1 is 1.15 bits per heavy atom. The standard InChI is InChI=1S/C25H30N4O11/c1-37-18-17(33)23(29-10-8-15(31)28-25(29)36)39-19(18)20(21(26)34)40-24-16(32)13(30)11-14(38-24)22(35)27-9-7-12-5-3-2-4-6-12/h2-6,8,10-11,13,16-20,23-24,30,32-33H,7,9H2,1H3,(H2,26,34)(H,27,35)(H,28,31,36)/t13-,16-,17+,18-,19?,20+,23+,24+/m0/s1. The fourth-order valence-corrected chi connectivity index (χ4v) is 4.44. The second kappa shape index (κ2) is 12.5. The first-order chi connectivity index (χ1) is 19.1. The summed E-state index contributed by atoms with van der Waals surface area (Å²) in [5, 5.41) is 34.2. The van der Waals surface area contributed by atoms with Crippen molar-refractivity contribution >= 4 is 11.8 Å². The molecule has 8 atom stereocenters. The van der Waals surface area contributed by atoms with Crippen LogP contribution in [0.25, 0.3) is 0 Å². The van der Waals surface area contributed by atoms with Gasteiger partial charge in [0.05, 0.1) is 0 Å². The van der Waals surface area contributed by atoms with E-state index in [-0.39, 0.29) is 12.3 Å². The second-order valence-electron chi connectivity index (χ2n) is 9.15. The average Bonchev–Trinajstić information content (AvgIpc) is 3.24. The summed E-state index contributed by atoms with van der Waals surface area (Å²) < 4.78 is 23.0. The van der Waals surface area contributed by atoms with Gasteiger partial charge < -0.3 is 45.3 Å². The van der Waals surface area contributed by atoms with Crippen LogP contribution in [0.2, 0.25) is 0 Å². The quantitative estimate of drug-likeness (QED) is 0.171. The number of primary amides is 1. The lowest BCUT2D eigenvalue weighted by molar-refractivity contribution is -0.241. The largest absolute Gasteiger partial charge is 0.456 e. The van der Waals surface area contributed by atoms with Crippen molar-refractivity contribution in [1.29, 1.82) is 0 Å². The van der Waals surface area contributed by atoms with Crippen molar-refractivity contribution in [1.82, 2.24) is 14.9 Å². The van der Waals surface area contributed by atoms with Crippen LogP contribution in [0, 0.1) is 0 Å². The molecule has 2 amide bonds. The van der Waals surface area contributed by atoms with E-state index in [0.717, 1.165) is 28.5 Å². The molecule has 2 aliphatic rings. The summed E-state index contributed by atoms with van der Waals surface area (Å²) in [4.78, 5) is 50.8. The van der Waals surface area contributed by atoms with Crippen molar-refractivity contribution in [2.75, 3.05) is 13.7 Å². The monoisotopic (exact) mass is 562 g/mol. The number of aromatic amines is 1. The molecule has 1 aromatic heterocycles. The molecule has 0 saturated carbocycles. The van der Waals surface area contributed by atoms with Gasteiger partial charge in [0.15, 0.2) is 18.1 Å². The molecule has 40 heavy (non-hydrogen) atoms. The lowest BCUT2D eigenvalue weighted by Crippen LogP contribution is -2.54. The molecule has 3 heterocycles. The Balaban J connectivity index is 1.48. The summed E-state index contributed by atoms with van der Waals surface area (Å²) in [6.07, 6.45) is -9.93. The molecule has 1 saturated heterocycles. The Labute approximate surface area is 226 Å². The van der Waals surface area contributed by atoms with Crippen LogP contribution in [0.15, 0.2) is 64.0 Å². The molecule has 1 fully saturated rings. The maximum absolute atomic E-state index is 12.7. The number of carbonyl (C=O) groups excluding carboxylic acids is 2. The first kappa shape index (κ1) is 29.1. The van der Waals surface area contributed by atoms with Crippen molar-refractivity contribution in [2.45, 2.75) is 55.6 Å². The molecule has 1 unspecified atom stereocenters. The van der Waals surface area contributed by atoms with E-state index in [2.05, 4.69) is 5.32 Å². The smallest absolute Gasteiger partial charge is 0.330 e. The fourth-order valence-electron chi connectivity index (χ4n) is 4.44. The number of nitrogens with one attached hydrogen (secondary N) is 2. The lowest BCUT2D eigenvalue weighted by atomic mass is 10.0. The van der Waals surface area contributed by atoms with Gasteiger partial charge in [-0.2, -0.15) is 0 Å². The highest BCUT2D eigenvalue weighted by Gasteiger charge is 2.52. The minimum Gasteiger partial charge on any atom is -0.456 e. The summed E-state index contributed by atoms with van der Waals surface area (Å²) in [5.41, 5.74) is 4.94. The van der Waals surface area contributed by atoms with Crippen molar-refractivity contribution < 1.29 is 43.9 Å². The van der Waals surface area contributed by atoms with Crippen LogP contribution >= 0.6 is 0 Å². The van der Waals surface area contributed by atoms with Gasteiger partial charge in [0, 0.05) is 25.9 Å². The Morgan fingerprint density at radius 3 is 2.52 bits per heavy atom. The molecule has 1 aromatic carbocycles. The van der Waals surface area contributed by atoms with Crippen LogP contribution in [0.4, 0.5) is 0 Å². The lowest BCUT2D eigenvalue weighted by Gasteiger charge is -2.35. The molecule has 4 rings (SSSR count). The predicted octanol–water partition coefficient (Wildman–Crippen LogP) is -3.00. The maximum Gasteiger partial charge on any atom is 0.330 e. The van der Waals surface area contributed by atoms with E-state index >= 15 is 0 Å². The third-order valence-electron chi connectivity index (χ3n) is 6.47. The number of hydrogen-bond donors (Lipinski definition) is 6. The summed E-state index contributed by atoms with van der Waals surface area (Å²) >= 11 is 0. The number of aliphatic hydroxyl groups excluding tert-OH is 3. The molecule has 0 bridgehead atoms. The van der Waals surface area contributed by atoms with E-state index in [1.165, 1.54) is 7.11 Å². The third-order valence-corrected chi connectivity index (χ3v) is 6.47. The first-order valence-electron chi connectivity index (χ1n) is 12.3. The summed E-state index contributed by atoms with van der Waals surface area (Å²) in [5.74, 6) is -2.19. The number of aromatic nitrogens is 2. The number of benzene rings is 1. The zero-order valence-electron chi connectivity index (χ0n) is 21.3. The third kappa shape index (κ3) is 6.30. The number of H-pyrrole nitrogens is 1. The van der Waals surface area contributed by atoms with Gasteiger partial charge in [-0.25, -0.2) is 4.79 Å².